The fraction of sp³-hybridized carbons (Fsp3) is 0.667. The number of aliphatic hydroxyl groups is 2. The lowest BCUT2D eigenvalue weighted by Crippen LogP contribution is -2.17. The minimum absolute atomic E-state index is 0.0266. The molecule has 0 unspecified atom stereocenters. The first-order chi connectivity index (χ1) is 3.72. The second-order valence-corrected chi connectivity index (χ2v) is 1.82. The zero-order valence-corrected chi connectivity index (χ0v) is 5.04. The second kappa shape index (κ2) is 3.64. The van der Waals surface area contributed by atoms with Gasteiger partial charge in [-0.3, -0.25) is 0 Å². The maximum Gasteiger partial charge on any atom is 0.0596 e. The van der Waals surface area contributed by atoms with E-state index in [1.54, 1.807) is 13.0 Å². The van der Waals surface area contributed by atoms with Crippen LogP contribution in [0.2, 0.25) is 0 Å². The molecule has 0 saturated heterocycles. The number of hydrogen-bond donors (Lipinski definition) is 2. The Morgan fingerprint density at radius 1 is 1.75 bits per heavy atom. The van der Waals surface area contributed by atoms with Gasteiger partial charge in [0.05, 0.1) is 12.7 Å². The van der Waals surface area contributed by atoms with Gasteiger partial charge in [-0.1, -0.05) is 6.08 Å². The van der Waals surface area contributed by atoms with Crippen LogP contribution in [0, 0.1) is 5.92 Å². The molecule has 2 nitrogen and oxygen atoms in total. The fourth-order valence-electron chi connectivity index (χ4n) is 0.424. The van der Waals surface area contributed by atoms with E-state index in [0.29, 0.717) is 0 Å². The van der Waals surface area contributed by atoms with E-state index in [1.807, 2.05) is 0 Å². The van der Waals surface area contributed by atoms with Crippen molar-refractivity contribution in [1.82, 2.24) is 0 Å². The predicted molar refractivity (Wildman–Crippen MR) is 32.5 cm³/mol. The molecule has 0 spiro atoms. The van der Waals surface area contributed by atoms with Crippen molar-refractivity contribution in [3.05, 3.63) is 12.7 Å². The van der Waals surface area contributed by atoms with E-state index in [1.165, 1.54) is 0 Å². The average molecular weight is 116 g/mol. The molecule has 0 radical (unpaired) electrons. The van der Waals surface area contributed by atoms with Crippen molar-refractivity contribution < 1.29 is 10.2 Å². The Hall–Kier alpha value is -0.340. The van der Waals surface area contributed by atoms with Crippen molar-refractivity contribution in [2.45, 2.75) is 13.0 Å². The summed E-state index contributed by atoms with van der Waals surface area (Å²) in [6.07, 6.45) is 1.06. The third-order valence-corrected chi connectivity index (χ3v) is 1.13. The first kappa shape index (κ1) is 7.66. The van der Waals surface area contributed by atoms with Crippen LogP contribution in [0.1, 0.15) is 6.92 Å². The number of aliphatic hydroxyl groups excluding tert-OH is 2. The lowest BCUT2D eigenvalue weighted by Gasteiger charge is -2.10. The van der Waals surface area contributed by atoms with Gasteiger partial charge in [0.2, 0.25) is 0 Å². The molecule has 0 aromatic rings. The lowest BCUT2D eigenvalue weighted by molar-refractivity contribution is 0.106. The van der Waals surface area contributed by atoms with E-state index in [0.717, 1.165) is 0 Å². The summed E-state index contributed by atoms with van der Waals surface area (Å²) in [6, 6.07) is 0. The summed E-state index contributed by atoms with van der Waals surface area (Å²) in [5, 5.41) is 17.2. The van der Waals surface area contributed by atoms with Gasteiger partial charge in [0.1, 0.15) is 0 Å². The van der Waals surface area contributed by atoms with Crippen LogP contribution < -0.4 is 0 Å². The van der Waals surface area contributed by atoms with E-state index in [9.17, 15) is 0 Å². The van der Waals surface area contributed by atoms with Crippen LogP contribution in [0.4, 0.5) is 0 Å². The molecule has 0 heterocycles. The molecule has 0 rings (SSSR count). The lowest BCUT2D eigenvalue weighted by atomic mass is 10.1. The number of rotatable bonds is 3. The Balaban J connectivity index is 3.51. The number of hydrogen-bond acceptors (Lipinski definition) is 2. The zero-order chi connectivity index (χ0) is 6.57. The summed E-state index contributed by atoms with van der Waals surface area (Å²) >= 11 is 0. The molecule has 0 fully saturated rings. The summed E-state index contributed by atoms with van der Waals surface area (Å²) < 4.78 is 0. The summed E-state index contributed by atoms with van der Waals surface area (Å²) in [7, 11) is 0. The van der Waals surface area contributed by atoms with Gasteiger partial charge in [-0.15, -0.1) is 6.58 Å². The van der Waals surface area contributed by atoms with Crippen LogP contribution in [-0.2, 0) is 0 Å². The summed E-state index contributed by atoms with van der Waals surface area (Å²) in [4.78, 5) is 0. The van der Waals surface area contributed by atoms with Gasteiger partial charge in [-0.2, -0.15) is 0 Å². The van der Waals surface area contributed by atoms with Gasteiger partial charge in [-0.25, -0.2) is 0 Å². The quantitative estimate of drug-likeness (QED) is 0.516. The minimum atomic E-state index is -0.488. The van der Waals surface area contributed by atoms with E-state index >= 15 is 0 Å². The Labute approximate surface area is 49.5 Å². The topological polar surface area (TPSA) is 40.5 Å². The van der Waals surface area contributed by atoms with Crippen LogP contribution in [0.15, 0.2) is 12.7 Å². The van der Waals surface area contributed by atoms with Crippen LogP contribution in [0.3, 0.4) is 0 Å². The normalized spacial score (nSPS) is 17.4. The molecule has 8 heavy (non-hydrogen) atoms. The molecule has 2 heteroatoms. The third kappa shape index (κ3) is 2.09. The molecular weight excluding hydrogens is 104 g/mol. The molecule has 2 N–H and O–H groups in total. The SMILES string of the molecule is C=C[C@@H](CO)[C@H](C)O. The third-order valence-electron chi connectivity index (χ3n) is 1.13. The molecule has 0 aliphatic carbocycles. The maximum atomic E-state index is 8.78. The molecule has 0 amide bonds. The van der Waals surface area contributed by atoms with Crippen LogP contribution >= 0.6 is 0 Å². The standard InChI is InChI=1S/C6H12O2/c1-3-6(4-7)5(2)8/h3,5-8H,1,4H2,2H3/t5-,6-/m0/s1. The van der Waals surface area contributed by atoms with Crippen molar-refractivity contribution in [3.63, 3.8) is 0 Å². The predicted octanol–water partition coefficient (Wildman–Crippen LogP) is 0.162. The van der Waals surface area contributed by atoms with Crippen LogP contribution in [-0.4, -0.2) is 22.9 Å². The Morgan fingerprint density at radius 3 is 2.25 bits per heavy atom. The molecule has 0 bridgehead atoms. The van der Waals surface area contributed by atoms with Crippen molar-refractivity contribution in [2.75, 3.05) is 6.61 Å². The summed E-state index contributed by atoms with van der Waals surface area (Å²) in [5.41, 5.74) is 0. The van der Waals surface area contributed by atoms with Gasteiger partial charge in [0, 0.05) is 5.92 Å². The smallest absolute Gasteiger partial charge is 0.0596 e. The van der Waals surface area contributed by atoms with Crippen molar-refractivity contribution in [3.8, 4) is 0 Å². The van der Waals surface area contributed by atoms with E-state index in [2.05, 4.69) is 6.58 Å². The van der Waals surface area contributed by atoms with Gasteiger partial charge >= 0.3 is 0 Å². The largest absolute Gasteiger partial charge is 0.396 e. The van der Waals surface area contributed by atoms with Gasteiger partial charge in [0.25, 0.3) is 0 Å². The fourth-order valence-corrected chi connectivity index (χ4v) is 0.424. The zero-order valence-electron chi connectivity index (χ0n) is 5.04. The first-order valence-corrected chi connectivity index (χ1v) is 2.63. The monoisotopic (exact) mass is 116 g/mol. The van der Waals surface area contributed by atoms with E-state index in [4.69, 9.17) is 10.2 Å². The van der Waals surface area contributed by atoms with Gasteiger partial charge in [-0.05, 0) is 6.92 Å². The highest BCUT2D eigenvalue weighted by atomic mass is 16.3. The van der Waals surface area contributed by atoms with Crippen LogP contribution in [0.25, 0.3) is 0 Å². The van der Waals surface area contributed by atoms with E-state index < -0.39 is 6.10 Å². The molecule has 0 aromatic heterocycles. The highest BCUT2D eigenvalue weighted by Crippen LogP contribution is 2.01. The Morgan fingerprint density at radius 2 is 2.25 bits per heavy atom. The van der Waals surface area contributed by atoms with Gasteiger partial charge in [0.15, 0.2) is 0 Å². The molecule has 0 saturated carbocycles. The van der Waals surface area contributed by atoms with Crippen LogP contribution in [0.5, 0.6) is 0 Å². The summed E-state index contributed by atoms with van der Waals surface area (Å²) in [6.45, 7) is 5.03. The molecule has 48 valence electrons. The molecule has 2 atom stereocenters. The van der Waals surface area contributed by atoms with Crippen molar-refractivity contribution in [2.24, 2.45) is 5.92 Å². The molecule has 0 aliphatic heterocycles. The Bertz CT molecular complexity index is 68.9. The van der Waals surface area contributed by atoms with Crippen molar-refractivity contribution in [1.29, 1.82) is 0 Å². The highest BCUT2D eigenvalue weighted by molar-refractivity contribution is 4.81. The molecular formula is C6H12O2. The highest BCUT2D eigenvalue weighted by Gasteiger charge is 2.07. The van der Waals surface area contributed by atoms with E-state index in [-0.39, 0.29) is 12.5 Å². The maximum absolute atomic E-state index is 8.78. The minimum Gasteiger partial charge on any atom is -0.396 e. The van der Waals surface area contributed by atoms with Crippen molar-refractivity contribution >= 4 is 0 Å². The average Bonchev–Trinajstić information content (AvgIpc) is 1.69. The first-order valence-electron chi connectivity index (χ1n) is 2.63. The molecule has 0 aromatic carbocycles. The molecule has 0 aliphatic rings. The summed E-state index contributed by atoms with van der Waals surface area (Å²) in [5.74, 6) is -0.171. The van der Waals surface area contributed by atoms with Gasteiger partial charge < -0.3 is 10.2 Å². The Kier molecular flexibility index (Phi) is 3.48. The second-order valence-electron chi connectivity index (χ2n) is 1.82.